The summed E-state index contributed by atoms with van der Waals surface area (Å²) in [7, 11) is 1.64. The van der Waals surface area contributed by atoms with E-state index in [9.17, 15) is 4.79 Å². The maximum Gasteiger partial charge on any atom is 0.293 e. The van der Waals surface area contributed by atoms with Crippen molar-refractivity contribution in [1.29, 1.82) is 0 Å². The van der Waals surface area contributed by atoms with E-state index in [0.29, 0.717) is 17.5 Å². The van der Waals surface area contributed by atoms with Crippen LogP contribution in [0.25, 0.3) is 11.7 Å². The standard InChI is InChI=1S/C18H17N3O4/c1-23-12-6-4-11(5-7-12)13-9-14(13)17(22)19-10-16-20-18(25-21-16)15-3-2-8-24-15/h2-8,13-14H,9-10H2,1H3,(H,19,22). The van der Waals surface area contributed by atoms with E-state index in [-0.39, 0.29) is 24.3 Å². The van der Waals surface area contributed by atoms with Crippen molar-refractivity contribution in [2.24, 2.45) is 5.92 Å². The van der Waals surface area contributed by atoms with E-state index < -0.39 is 0 Å². The number of nitrogens with one attached hydrogen (secondary N) is 1. The molecule has 1 amide bonds. The number of hydrogen-bond acceptors (Lipinski definition) is 6. The first kappa shape index (κ1) is 15.4. The summed E-state index contributed by atoms with van der Waals surface area (Å²) in [6, 6.07) is 11.3. The number of methoxy groups -OCH3 is 1. The van der Waals surface area contributed by atoms with Crippen molar-refractivity contribution < 1.29 is 18.5 Å². The number of benzene rings is 1. The maximum atomic E-state index is 12.3. The highest BCUT2D eigenvalue weighted by Gasteiger charge is 2.43. The number of furan rings is 1. The number of ether oxygens (including phenoxy) is 1. The van der Waals surface area contributed by atoms with Crippen molar-refractivity contribution in [1.82, 2.24) is 15.5 Å². The molecule has 2 unspecified atom stereocenters. The van der Waals surface area contributed by atoms with Crippen molar-refractivity contribution in [3.05, 3.63) is 54.0 Å². The molecule has 1 aliphatic carbocycles. The Kier molecular flexibility index (Phi) is 3.97. The zero-order valence-electron chi connectivity index (χ0n) is 13.6. The first-order valence-electron chi connectivity index (χ1n) is 8.02. The molecule has 1 fully saturated rings. The molecule has 1 aliphatic rings. The number of carbonyl (C=O) groups is 1. The Bertz CT molecular complexity index is 855. The maximum absolute atomic E-state index is 12.3. The molecule has 1 aromatic carbocycles. The summed E-state index contributed by atoms with van der Waals surface area (Å²) in [6.07, 6.45) is 2.38. The topological polar surface area (TPSA) is 90.4 Å². The fraction of sp³-hybridized carbons (Fsp3) is 0.278. The Balaban J connectivity index is 1.31. The molecule has 7 heteroatoms. The lowest BCUT2D eigenvalue weighted by molar-refractivity contribution is -0.122. The van der Waals surface area contributed by atoms with E-state index in [2.05, 4.69) is 15.5 Å². The van der Waals surface area contributed by atoms with Gasteiger partial charge in [-0.05, 0) is 42.2 Å². The van der Waals surface area contributed by atoms with Crippen molar-refractivity contribution in [2.45, 2.75) is 18.9 Å². The van der Waals surface area contributed by atoms with E-state index in [1.165, 1.54) is 6.26 Å². The summed E-state index contributed by atoms with van der Waals surface area (Å²) in [4.78, 5) is 16.5. The van der Waals surface area contributed by atoms with Gasteiger partial charge in [-0.15, -0.1) is 0 Å². The van der Waals surface area contributed by atoms with Crippen LogP contribution < -0.4 is 10.1 Å². The van der Waals surface area contributed by atoms with Crippen LogP contribution in [0.5, 0.6) is 5.75 Å². The molecule has 128 valence electrons. The van der Waals surface area contributed by atoms with E-state index in [1.54, 1.807) is 19.2 Å². The predicted octanol–water partition coefficient (Wildman–Crippen LogP) is 2.76. The summed E-state index contributed by atoms with van der Waals surface area (Å²) in [6.45, 7) is 0.231. The Morgan fingerprint density at radius 3 is 2.88 bits per heavy atom. The van der Waals surface area contributed by atoms with E-state index in [1.807, 2.05) is 24.3 Å². The number of carbonyl (C=O) groups excluding carboxylic acids is 1. The summed E-state index contributed by atoms with van der Waals surface area (Å²) >= 11 is 0. The minimum atomic E-state index is -0.00941. The molecule has 4 rings (SSSR count). The van der Waals surface area contributed by atoms with Crippen LogP contribution in [0.3, 0.4) is 0 Å². The second-order valence-corrected chi connectivity index (χ2v) is 5.93. The van der Waals surface area contributed by atoms with Crippen molar-refractivity contribution >= 4 is 5.91 Å². The lowest BCUT2D eigenvalue weighted by Crippen LogP contribution is -2.25. The number of aromatic nitrogens is 2. The first-order chi connectivity index (χ1) is 12.2. The molecule has 0 saturated heterocycles. The van der Waals surface area contributed by atoms with Gasteiger partial charge < -0.3 is 19.0 Å². The number of amides is 1. The van der Waals surface area contributed by atoms with E-state index >= 15 is 0 Å². The summed E-state index contributed by atoms with van der Waals surface area (Å²) < 4.78 is 15.5. The quantitative estimate of drug-likeness (QED) is 0.742. The molecule has 2 atom stereocenters. The molecule has 25 heavy (non-hydrogen) atoms. The van der Waals surface area contributed by atoms with Crippen LogP contribution in [0.2, 0.25) is 0 Å². The third kappa shape index (κ3) is 3.26. The summed E-state index contributed by atoms with van der Waals surface area (Å²) in [5.74, 6) is 2.30. The van der Waals surface area contributed by atoms with Crippen LogP contribution in [0.1, 0.15) is 23.7 Å². The average molecular weight is 339 g/mol. The highest BCUT2D eigenvalue weighted by Crippen LogP contribution is 2.47. The van der Waals surface area contributed by atoms with Crippen LogP contribution in [-0.4, -0.2) is 23.2 Å². The largest absolute Gasteiger partial charge is 0.497 e. The van der Waals surface area contributed by atoms with Gasteiger partial charge in [0.15, 0.2) is 11.6 Å². The minimum absolute atomic E-state index is 0.00478. The Hall–Kier alpha value is -3.09. The van der Waals surface area contributed by atoms with Gasteiger partial charge in [0.25, 0.3) is 5.89 Å². The van der Waals surface area contributed by atoms with Crippen molar-refractivity contribution in [3.8, 4) is 17.4 Å². The predicted molar refractivity (Wildman–Crippen MR) is 87.7 cm³/mol. The van der Waals surface area contributed by atoms with Gasteiger partial charge in [0.1, 0.15) is 5.75 Å². The molecule has 0 bridgehead atoms. The molecule has 0 aliphatic heterocycles. The first-order valence-corrected chi connectivity index (χ1v) is 8.02. The monoisotopic (exact) mass is 339 g/mol. The summed E-state index contributed by atoms with van der Waals surface area (Å²) in [5, 5.41) is 6.71. The lowest BCUT2D eigenvalue weighted by atomic mass is 10.1. The van der Waals surface area contributed by atoms with Crippen molar-refractivity contribution in [3.63, 3.8) is 0 Å². The molecule has 1 N–H and O–H groups in total. The minimum Gasteiger partial charge on any atom is -0.497 e. The second kappa shape index (κ2) is 6.43. The highest BCUT2D eigenvalue weighted by atomic mass is 16.5. The van der Waals surface area contributed by atoms with Gasteiger partial charge in [-0.2, -0.15) is 4.98 Å². The zero-order chi connectivity index (χ0) is 17.2. The van der Waals surface area contributed by atoms with Crippen LogP contribution in [0.15, 0.2) is 51.6 Å². The van der Waals surface area contributed by atoms with Crippen LogP contribution in [0.4, 0.5) is 0 Å². The van der Waals surface area contributed by atoms with Crippen molar-refractivity contribution in [2.75, 3.05) is 7.11 Å². The number of nitrogens with zero attached hydrogens (tertiary/aromatic N) is 2. The average Bonchev–Trinajstić information content (AvgIpc) is 3.05. The van der Waals surface area contributed by atoms with Crippen LogP contribution in [0, 0.1) is 5.92 Å². The second-order valence-electron chi connectivity index (χ2n) is 5.93. The molecule has 0 spiro atoms. The fourth-order valence-corrected chi connectivity index (χ4v) is 2.83. The molecule has 3 aromatic rings. The van der Waals surface area contributed by atoms with Gasteiger partial charge in [0.2, 0.25) is 5.91 Å². The van der Waals surface area contributed by atoms with Gasteiger partial charge in [-0.25, -0.2) is 0 Å². The number of hydrogen-bond donors (Lipinski definition) is 1. The molecular weight excluding hydrogens is 322 g/mol. The zero-order valence-corrected chi connectivity index (χ0v) is 13.6. The fourth-order valence-electron chi connectivity index (χ4n) is 2.83. The van der Waals surface area contributed by atoms with Crippen LogP contribution in [-0.2, 0) is 11.3 Å². The van der Waals surface area contributed by atoms with Gasteiger partial charge in [-0.3, -0.25) is 4.79 Å². The molecule has 2 aromatic heterocycles. The normalized spacial score (nSPS) is 18.8. The highest BCUT2D eigenvalue weighted by molar-refractivity contribution is 5.82. The molecule has 1 saturated carbocycles. The SMILES string of the molecule is COc1ccc(C2CC2C(=O)NCc2noc(-c3ccco3)n2)cc1. The smallest absolute Gasteiger partial charge is 0.293 e. The third-order valence-corrected chi connectivity index (χ3v) is 4.29. The number of rotatable bonds is 6. The van der Waals surface area contributed by atoms with Gasteiger partial charge in [-0.1, -0.05) is 17.3 Å². The molecular formula is C18H17N3O4. The summed E-state index contributed by atoms with van der Waals surface area (Å²) in [5.41, 5.74) is 1.15. The Morgan fingerprint density at radius 2 is 2.16 bits per heavy atom. The van der Waals surface area contributed by atoms with E-state index in [4.69, 9.17) is 13.7 Å². The van der Waals surface area contributed by atoms with Gasteiger partial charge in [0, 0.05) is 5.92 Å². The molecule has 7 nitrogen and oxygen atoms in total. The molecule has 0 radical (unpaired) electrons. The Morgan fingerprint density at radius 1 is 1.32 bits per heavy atom. The van der Waals surface area contributed by atoms with E-state index in [0.717, 1.165) is 17.7 Å². The molecule has 2 heterocycles. The lowest BCUT2D eigenvalue weighted by Gasteiger charge is -2.04. The third-order valence-electron chi connectivity index (χ3n) is 4.29. The Labute approximate surface area is 144 Å². The van der Waals surface area contributed by atoms with Gasteiger partial charge in [0.05, 0.1) is 19.9 Å². The van der Waals surface area contributed by atoms with Crippen LogP contribution >= 0.6 is 0 Å². The van der Waals surface area contributed by atoms with Gasteiger partial charge >= 0.3 is 0 Å².